The number of aryl methyl sites for hydroxylation is 4. The molecule has 0 aliphatic heterocycles. The Balaban J connectivity index is 1.49. The summed E-state index contributed by atoms with van der Waals surface area (Å²) in [5.41, 5.74) is 18.8. The van der Waals surface area contributed by atoms with Crippen LogP contribution in [0.25, 0.3) is 64.7 Å². The molecular formula is C63H76NO7P2S4+. The summed E-state index contributed by atoms with van der Waals surface area (Å²) in [5.74, 6) is 0. The molecule has 0 fully saturated rings. The molecule has 0 bridgehead atoms. The topological polar surface area (TPSA) is 139 Å². The van der Waals surface area contributed by atoms with Gasteiger partial charge in [-0.2, -0.15) is 0 Å². The van der Waals surface area contributed by atoms with Gasteiger partial charge in [0.2, 0.25) is 5.06 Å². The Morgan fingerprint density at radius 1 is 0.494 bits per heavy atom. The summed E-state index contributed by atoms with van der Waals surface area (Å²) in [6.45, 7) is 8.93. The number of benzene rings is 3. The molecule has 0 saturated heterocycles. The second-order valence-corrected chi connectivity index (χ2v) is 25.3. The van der Waals surface area contributed by atoms with Crippen LogP contribution in [0.15, 0.2) is 84.9 Å². The molecule has 3 aromatic carbocycles. The van der Waals surface area contributed by atoms with E-state index in [9.17, 15) is 24.0 Å². The zero-order chi connectivity index (χ0) is 54.5. The molecule has 14 heteroatoms. The van der Waals surface area contributed by atoms with E-state index < -0.39 is 16.9 Å². The van der Waals surface area contributed by atoms with Crippen LogP contribution in [0.4, 0.5) is 5.69 Å². The molecule has 5 N–H and O–H groups in total. The van der Waals surface area contributed by atoms with Crippen LogP contribution in [0.1, 0.15) is 185 Å². The van der Waals surface area contributed by atoms with Crippen molar-refractivity contribution in [2.45, 2.75) is 156 Å². The summed E-state index contributed by atoms with van der Waals surface area (Å²) < 4.78 is 23.2. The minimum Gasteiger partial charge on any atom is -0.416 e. The highest BCUT2D eigenvalue weighted by Crippen LogP contribution is 2.51. The number of unbranched alkanes of at least 4 members (excludes halogenated alkanes) is 12. The van der Waals surface area contributed by atoms with Crippen LogP contribution in [0.2, 0.25) is 0 Å². The van der Waals surface area contributed by atoms with E-state index in [0.29, 0.717) is 21.4 Å². The SMILES string of the molecule is CCCCCCc1cc(OP(O)O)sc1-c1cc(CCCCCC)c(-c2cc(/C=C/c3ccc(N)cc3)c(-c3sc(-c4sc(O[P+](=O)O)cc4CCCCCC)cc3CCCCCC)cc2/C=C/c2ccc(C=O)cc2)s1. The number of nitrogens with two attached hydrogens (primary N) is 1. The van der Waals surface area contributed by atoms with E-state index in [1.807, 2.05) is 48.5 Å². The highest BCUT2D eigenvalue weighted by atomic mass is 32.1. The average Bonchev–Trinajstić information content (AvgIpc) is 4.25. The molecule has 0 saturated carbocycles. The standard InChI is InChI=1S/C63H75NO7P2S4/c1-5-9-13-17-21-49-39-56(62-51(23-19-15-11-7-3)41-58(76-62)70-72(66)67)74-60(49)54-38-48(34-30-45-31-35-53(64)36-32-45)55(37-47(54)33-29-44-25-27-46(43-65)28-26-44)61-50(22-18-14-10-6-2)40-57(75-61)63-52(24-20-16-12-8-4)42-59(77-63)71-73(68)69/h25-43,66-67H,5-24H2,1-4H3,(H2-,64,65,68,69)/p+1. The van der Waals surface area contributed by atoms with Gasteiger partial charge in [-0.3, -0.25) is 4.79 Å². The fraction of sp³-hybridized carbons (Fsp3) is 0.381. The lowest BCUT2D eigenvalue weighted by Gasteiger charge is -2.15. The quantitative estimate of drug-likeness (QED) is 0.0105. The van der Waals surface area contributed by atoms with Gasteiger partial charge in [-0.05, 0) is 149 Å². The molecule has 7 rings (SSSR count). The third-order valence-electron chi connectivity index (χ3n) is 13.8. The Kier molecular flexibility index (Phi) is 24.4. The van der Waals surface area contributed by atoms with Crippen LogP contribution < -0.4 is 14.8 Å². The van der Waals surface area contributed by atoms with E-state index >= 15 is 0 Å². The van der Waals surface area contributed by atoms with Gasteiger partial charge in [-0.25, -0.2) is 4.52 Å². The van der Waals surface area contributed by atoms with Gasteiger partial charge in [0.15, 0.2) is 5.06 Å². The molecule has 0 radical (unpaired) electrons. The van der Waals surface area contributed by atoms with Gasteiger partial charge in [0.05, 0.1) is 9.75 Å². The predicted octanol–water partition coefficient (Wildman–Crippen LogP) is 20.4. The highest BCUT2D eigenvalue weighted by molar-refractivity contribution is 7.40. The zero-order valence-corrected chi connectivity index (χ0v) is 50.2. The molecule has 1 atom stereocenters. The van der Waals surface area contributed by atoms with E-state index in [-0.39, 0.29) is 0 Å². The van der Waals surface area contributed by atoms with E-state index in [1.54, 1.807) is 22.7 Å². The molecule has 4 heterocycles. The number of rotatable bonds is 33. The lowest BCUT2D eigenvalue weighted by molar-refractivity contribution is 0.112. The number of nitrogen functional groups attached to an aromatic ring is 1. The van der Waals surface area contributed by atoms with Gasteiger partial charge in [0, 0.05) is 41.4 Å². The van der Waals surface area contributed by atoms with E-state index in [4.69, 9.17) is 14.8 Å². The van der Waals surface area contributed by atoms with Crippen molar-refractivity contribution in [3.63, 3.8) is 0 Å². The van der Waals surface area contributed by atoms with Crippen molar-refractivity contribution in [1.29, 1.82) is 0 Å². The van der Waals surface area contributed by atoms with Crippen LogP contribution in [0, 0.1) is 0 Å². The molecule has 408 valence electrons. The molecule has 0 amide bonds. The lowest BCUT2D eigenvalue weighted by atomic mass is 9.91. The summed E-state index contributed by atoms with van der Waals surface area (Å²) in [6, 6.07) is 29.2. The number of hydrogen-bond acceptors (Lipinski definition) is 11. The third kappa shape index (κ3) is 17.7. The number of thiophene rings is 4. The summed E-state index contributed by atoms with van der Waals surface area (Å²) >= 11 is 6.55. The molecule has 0 aliphatic rings. The average molecular weight is 1150 g/mol. The largest absolute Gasteiger partial charge is 0.748 e. The van der Waals surface area contributed by atoms with Crippen molar-refractivity contribution in [2.24, 2.45) is 0 Å². The van der Waals surface area contributed by atoms with Gasteiger partial charge >= 0.3 is 16.9 Å². The second kappa shape index (κ2) is 31.3. The molecule has 4 aromatic heterocycles. The van der Waals surface area contributed by atoms with E-state index in [1.165, 1.54) is 68.4 Å². The van der Waals surface area contributed by atoms with Gasteiger partial charge in [-0.1, -0.05) is 188 Å². The first-order valence-corrected chi connectivity index (χ1v) is 33.2. The number of carbonyl (C=O) groups excluding carboxylic acids is 1. The summed E-state index contributed by atoms with van der Waals surface area (Å²) in [6.07, 6.45) is 31.1. The number of carbonyl (C=O) groups is 1. The predicted molar refractivity (Wildman–Crippen MR) is 334 cm³/mol. The Bertz CT molecular complexity index is 3040. The minimum atomic E-state index is -2.81. The van der Waals surface area contributed by atoms with Gasteiger partial charge in [0.1, 0.15) is 6.29 Å². The van der Waals surface area contributed by atoms with Crippen molar-refractivity contribution < 1.29 is 33.1 Å². The number of anilines is 1. The van der Waals surface area contributed by atoms with Crippen LogP contribution in [0.5, 0.6) is 10.1 Å². The normalized spacial score (nSPS) is 12.0. The first-order valence-electron chi connectivity index (χ1n) is 27.7. The van der Waals surface area contributed by atoms with Crippen LogP contribution in [-0.2, 0) is 30.2 Å². The third-order valence-corrected chi connectivity index (χ3v) is 19.7. The summed E-state index contributed by atoms with van der Waals surface area (Å²) in [4.78, 5) is 48.5. The first-order chi connectivity index (χ1) is 37.5. The first kappa shape index (κ1) is 60.1. The maximum Gasteiger partial charge on any atom is 0.748 e. The van der Waals surface area contributed by atoms with Gasteiger partial charge in [-0.15, -0.1) is 27.6 Å². The minimum absolute atomic E-state index is 0.459. The van der Waals surface area contributed by atoms with E-state index in [2.05, 4.69) is 88.4 Å². The van der Waals surface area contributed by atoms with Crippen LogP contribution in [-0.4, -0.2) is 21.0 Å². The molecular weight excluding hydrogens is 1070 g/mol. The van der Waals surface area contributed by atoms with Crippen molar-refractivity contribution in [1.82, 2.24) is 0 Å². The molecule has 77 heavy (non-hydrogen) atoms. The van der Waals surface area contributed by atoms with E-state index in [0.717, 1.165) is 174 Å². The molecule has 0 aliphatic carbocycles. The number of hydrogen-bond donors (Lipinski definition) is 4. The smallest absolute Gasteiger partial charge is 0.416 e. The Morgan fingerprint density at radius 3 is 1.29 bits per heavy atom. The molecule has 7 aromatic rings. The van der Waals surface area contributed by atoms with Crippen molar-refractivity contribution >= 4 is 98.5 Å². The van der Waals surface area contributed by atoms with Crippen LogP contribution >= 0.6 is 62.2 Å². The van der Waals surface area contributed by atoms with Crippen molar-refractivity contribution in [2.75, 3.05) is 5.73 Å². The maximum absolute atomic E-state index is 12.1. The van der Waals surface area contributed by atoms with Gasteiger partial charge in [0.25, 0.3) is 0 Å². The fourth-order valence-corrected chi connectivity index (χ4v) is 15.5. The zero-order valence-electron chi connectivity index (χ0n) is 45.2. The molecule has 8 nitrogen and oxygen atoms in total. The summed E-state index contributed by atoms with van der Waals surface area (Å²) in [7, 11) is -5.38. The van der Waals surface area contributed by atoms with Crippen LogP contribution in [0.3, 0.4) is 0 Å². The van der Waals surface area contributed by atoms with Gasteiger partial charge < -0.3 is 20.0 Å². The molecule has 0 spiro atoms. The van der Waals surface area contributed by atoms with Crippen molar-refractivity contribution in [3.8, 4) is 50.5 Å². The Hall–Kier alpha value is -4.58. The maximum atomic E-state index is 12.1. The number of aldehydes is 1. The van der Waals surface area contributed by atoms with Crippen molar-refractivity contribution in [3.05, 3.63) is 135 Å². The Labute approximate surface area is 475 Å². The summed E-state index contributed by atoms with van der Waals surface area (Å²) in [5, 5.41) is 0.977. The monoisotopic (exact) mass is 1150 g/mol. The highest BCUT2D eigenvalue weighted by Gasteiger charge is 2.26. The second-order valence-electron chi connectivity index (χ2n) is 19.8. The lowest BCUT2D eigenvalue weighted by Crippen LogP contribution is -1.94. The molecule has 1 unspecified atom stereocenters. The fourth-order valence-electron chi connectivity index (χ4n) is 9.69. The Morgan fingerprint density at radius 2 is 0.883 bits per heavy atom.